The minimum absolute atomic E-state index is 0.0713. The van der Waals surface area contributed by atoms with Crippen LogP contribution in [-0.2, 0) is 15.8 Å². The number of amides is 1. The zero-order valence-corrected chi connectivity index (χ0v) is 21.9. The molecular weight excluding hydrogens is 559 g/mol. The molecule has 2 heterocycles. The quantitative estimate of drug-likeness (QED) is 0.234. The second kappa shape index (κ2) is 11.0. The second-order valence-electron chi connectivity index (χ2n) is 8.08. The maximum absolute atomic E-state index is 13.1. The number of hydrogen-bond acceptors (Lipinski definition) is 9. The summed E-state index contributed by atoms with van der Waals surface area (Å²) in [7, 11) is -3.91. The molecule has 0 radical (unpaired) electrons. The zero-order valence-electron chi connectivity index (χ0n) is 20.3. The molecule has 0 spiro atoms. The Hall–Kier alpha value is -4.02. The Labute approximate surface area is 224 Å². The van der Waals surface area contributed by atoms with E-state index in [-0.39, 0.29) is 22.0 Å². The molecule has 3 N–H and O–H groups in total. The third-order valence-corrected chi connectivity index (χ3v) is 6.82. The van der Waals surface area contributed by atoms with Crippen LogP contribution in [0.4, 0.5) is 18.9 Å². The Balaban J connectivity index is 1.65. The van der Waals surface area contributed by atoms with Crippen LogP contribution < -0.4 is 15.2 Å². The molecule has 39 heavy (non-hydrogen) atoms. The van der Waals surface area contributed by atoms with Gasteiger partial charge in [0.2, 0.25) is 10.0 Å². The van der Waals surface area contributed by atoms with Gasteiger partial charge in [-0.15, -0.1) is 18.3 Å². The predicted octanol–water partition coefficient (Wildman–Crippen LogP) is 3.76. The molecule has 16 heteroatoms. The van der Waals surface area contributed by atoms with Gasteiger partial charge >= 0.3 is 6.36 Å². The summed E-state index contributed by atoms with van der Waals surface area (Å²) >= 11 is 1.21. The fourth-order valence-electron chi connectivity index (χ4n) is 3.41. The molecule has 0 unspecified atom stereocenters. The normalized spacial score (nSPS) is 11.8. The van der Waals surface area contributed by atoms with Crippen molar-refractivity contribution in [3.05, 3.63) is 77.4 Å². The number of nitrogens with two attached hydrogens (primary N) is 1. The molecule has 0 aliphatic heterocycles. The number of anilines is 1. The molecule has 0 bridgehead atoms. The monoisotopic (exact) mass is 579 g/mol. The number of halogens is 3. The Morgan fingerprint density at radius 3 is 2.23 bits per heavy atom. The Kier molecular flexibility index (Phi) is 7.89. The number of hydrogen-bond donors (Lipinski definition) is 2. The number of sulfonamides is 1. The van der Waals surface area contributed by atoms with Crippen molar-refractivity contribution in [2.45, 2.75) is 36.0 Å². The lowest BCUT2D eigenvalue weighted by Gasteiger charge is -2.11. The van der Waals surface area contributed by atoms with Gasteiger partial charge in [0.05, 0.1) is 16.3 Å². The van der Waals surface area contributed by atoms with Crippen LogP contribution in [0, 0.1) is 13.8 Å². The van der Waals surface area contributed by atoms with Gasteiger partial charge in [0.25, 0.3) is 5.91 Å². The van der Waals surface area contributed by atoms with E-state index in [1.807, 2.05) is 13.8 Å². The highest BCUT2D eigenvalue weighted by Crippen LogP contribution is 2.27. The van der Waals surface area contributed by atoms with Crippen LogP contribution >= 0.6 is 11.8 Å². The summed E-state index contributed by atoms with van der Waals surface area (Å²) in [6.45, 7) is 3.63. The zero-order chi connectivity index (χ0) is 28.4. The van der Waals surface area contributed by atoms with Gasteiger partial charge in [-0.05, 0) is 68.4 Å². The van der Waals surface area contributed by atoms with Crippen molar-refractivity contribution in [3.8, 4) is 11.4 Å². The summed E-state index contributed by atoms with van der Waals surface area (Å²) in [6, 6.07) is 11.9. The van der Waals surface area contributed by atoms with Gasteiger partial charge in [-0.1, -0.05) is 17.0 Å². The van der Waals surface area contributed by atoms with Crippen LogP contribution in [0.15, 0.2) is 64.6 Å². The standard InChI is InChI=1S/C23H20F3N7O4S2/c1-13-11-14(2)29-22(28-13)38-12-19-20(21(34)30-15-3-9-18(10-4-15)39(27,35)36)31-32-33(19)16-5-7-17(8-6-16)37-23(24,25)26/h3-11H,12H2,1-2H3,(H,30,34)(H2,27,35,36). The Morgan fingerprint density at radius 1 is 1.05 bits per heavy atom. The number of nitrogens with one attached hydrogen (secondary N) is 1. The van der Waals surface area contributed by atoms with E-state index in [1.54, 1.807) is 6.07 Å². The van der Waals surface area contributed by atoms with Crippen LogP contribution in [0.25, 0.3) is 5.69 Å². The van der Waals surface area contributed by atoms with Gasteiger partial charge in [-0.3, -0.25) is 4.79 Å². The van der Waals surface area contributed by atoms with Gasteiger partial charge in [0, 0.05) is 22.8 Å². The number of benzene rings is 2. The largest absolute Gasteiger partial charge is 0.573 e. The van der Waals surface area contributed by atoms with E-state index in [0.29, 0.717) is 16.5 Å². The summed E-state index contributed by atoms with van der Waals surface area (Å²) in [5.41, 5.74) is 2.33. The molecule has 0 fully saturated rings. The molecule has 0 atom stereocenters. The number of carbonyl (C=O) groups is 1. The molecule has 0 aliphatic rings. The molecule has 4 rings (SSSR count). The van der Waals surface area contributed by atoms with E-state index in [9.17, 15) is 26.4 Å². The molecule has 0 aliphatic carbocycles. The summed E-state index contributed by atoms with van der Waals surface area (Å²) in [4.78, 5) is 21.7. The van der Waals surface area contributed by atoms with Crippen LogP contribution in [0.1, 0.15) is 27.6 Å². The van der Waals surface area contributed by atoms with Gasteiger partial charge < -0.3 is 10.1 Å². The third-order valence-electron chi connectivity index (χ3n) is 5.03. The van der Waals surface area contributed by atoms with E-state index >= 15 is 0 Å². The molecule has 0 saturated carbocycles. The number of ether oxygens (including phenoxy) is 1. The highest BCUT2D eigenvalue weighted by molar-refractivity contribution is 7.98. The number of thioether (sulfide) groups is 1. The molecule has 11 nitrogen and oxygen atoms in total. The van der Waals surface area contributed by atoms with Crippen molar-refractivity contribution in [2.75, 3.05) is 5.32 Å². The number of primary sulfonamides is 1. The maximum Gasteiger partial charge on any atom is 0.573 e. The summed E-state index contributed by atoms with van der Waals surface area (Å²) in [6.07, 6.45) is -4.85. The smallest absolute Gasteiger partial charge is 0.406 e. The fraction of sp³-hybridized carbons (Fsp3) is 0.174. The topological polar surface area (TPSA) is 155 Å². The predicted molar refractivity (Wildman–Crippen MR) is 135 cm³/mol. The SMILES string of the molecule is Cc1cc(C)nc(SCc2c(C(=O)Nc3ccc(S(N)(=O)=O)cc3)nnn2-c2ccc(OC(F)(F)F)cc2)n1. The summed E-state index contributed by atoms with van der Waals surface area (Å²) in [5, 5.41) is 16.2. The minimum Gasteiger partial charge on any atom is -0.406 e. The van der Waals surface area contributed by atoms with E-state index in [2.05, 4.69) is 30.3 Å². The molecule has 0 saturated heterocycles. The summed E-state index contributed by atoms with van der Waals surface area (Å²) < 4.78 is 65.9. The molecule has 2 aromatic carbocycles. The lowest BCUT2D eigenvalue weighted by molar-refractivity contribution is -0.274. The van der Waals surface area contributed by atoms with Crippen LogP contribution in [0.3, 0.4) is 0 Å². The highest BCUT2D eigenvalue weighted by atomic mass is 32.2. The second-order valence-corrected chi connectivity index (χ2v) is 10.6. The molecule has 204 valence electrons. The number of aromatic nitrogens is 5. The fourth-order valence-corrected chi connectivity index (χ4v) is 4.87. The first-order chi connectivity index (χ1) is 18.3. The Bertz CT molecular complexity index is 1590. The number of rotatable bonds is 8. The number of nitrogens with zero attached hydrogens (tertiary/aromatic N) is 5. The van der Waals surface area contributed by atoms with Crippen molar-refractivity contribution in [3.63, 3.8) is 0 Å². The number of aryl methyl sites for hydroxylation is 2. The lowest BCUT2D eigenvalue weighted by Crippen LogP contribution is -2.17. The van der Waals surface area contributed by atoms with E-state index in [4.69, 9.17) is 5.14 Å². The molecule has 1 amide bonds. The van der Waals surface area contributed by atoms with E-state index in [0.717, 1.165) is 23.5 Å². The first kappa shape index (κ1) is 28.0. The van der Waals surface area contributed by atoms with E-state index < -0.39 is 28.0 Å². The van der Waals surface area contributed by atoms with Crippen molar-refractivity contribution >= 4 is 33.4 Å². The summed E-state index contributed by atoms with van der Waals surface area (Å²) in [5.74, 6) is -0.950. The van der Waals surface area contributed by atoms with Crippen LogP contribution in [0.2, 0.25) is 0 Å². The molecular formula is C23H20F3N7O4S2. The minimum atomic E-state index is -4.85. The third kappa shape index (κ3) is 7.30. The van der Waals surface area contributed by atoms with Crippen LogP contribution in [0.5, 0.6) is 5.75 Å². The lowest BCUT2D eigenvalue weighted by atomic mass is 10.2. The average molecular weight is 580 g/mol. The molecule has 2 aromatic heterocycles. The maximum atomic E-state index is 13.1. The van der Waals surface area contributed by atoms with Crippen molar-refractivity contribution < 1.29 is 31.1 Å². The van der Waals surface area contributed by atoms with Gasteiger partial charge in [0.15, 0.2) is 10.9 Å². The van der Waals surface area contributed by atoms with E-state index in [1.165, 1.54) is 52.8 Å². The number of carbonyl (C=O) groups excluding carboxylic acids is 1. The first-order valence-corrected chi connectivity index (χ1v) is 13.5. The van der Waals surface area contributed by atoms with Crippen LogP contribution in [-0.4, -0.2) is 45.6 Å². The average Bonchev–Trinajstić information content (AvgIpc) is 3.25. The highest BCUT2D eigenvalue weighted by Gasteiger charge is 2.31. The molecule has 4 aromatic rings. The van der Waals surface area contributed by atoms with Gasteiger partial charge in [0.1, 0.15) is 5.75 Å². The van der Waals surface area contributed by atoms with Crippen molar-refractivity contribution in [1.82, 2.24) is 25.0 Å². The number of alkyl halides is 3. The van der Waals surface area contributed by atoms with Gasteiger partial charge in [-0.2, -0.15) is 0 Å². The van der Waals surface area contributed by atoms with Crippen molar-refractivity contribution in [1.29, 1.82) is 0 Å². The Morgan fingerprint density at radius 2 is 1.67 bits per heavy atom. The van der Waals surface area contributed by atoms with Crippen molar-refractivity contribution in [2.24, 2.45) is 5.14 Å². The first-order valence-electron chi connectivity index (χ1n) is 11.0. The van der Waals surface area contributed by atoms with Gasteiger partial charge in [-0.25, -0.2) is 28.2 Å².